The fraction of sp³-hybridized carbons (Fsp3) is 0.126. The summed E-state index contributed by atoms with van der Waals surface area (Å²) in [7, 11) is -5.55. The molecule has 0 N–H and O–H groups in total. The summed E-state index contributed by atoms with van der Waals surface area (Å²) in [4.78, 5) is 52.7. The van der Waals surface area contributed by atoms with Gasteiger partial charge in [-0.3, -0.25) is 19.2 Å². The number of hydrogen-bond acceptors (Lipinski definition) is 20. The van der Waals surface area contributed by atoms with E-state index in [1.54, 1.807) is 200 Å². The van der Waals surface area contributed by atoms with Crippen molar-refractivity contribution in [3.05, 3.63) is 333 Å². The van der Waals surface area contributed by atoms with Crippen molar-refractivity contribution in [2.45, 2.75) is 40.4 Å². The van der Waals surface area contributed by atoms with Crippen molar-refractivity contribution in [3.8, 4) is 46.0 Å². The van der Waals surface area contributed by atoms with Crippen LogP contribution in [0, 0.1) is 20.8 Å². The molecule has 12 rings (SSSR count). The van der Waals surface area contributed by atoms with Gasteiger partial charge in [0.25, 0.3) is 63.7 Å². The van der Waals surface area contributed by atoms with Crippen molar-refractivity contribution in [1.82, 2.24) is 0 Å². The first-order chi connectivity index (χ1) is 55.9. The molecule has 0 aliphatic carbocycles. The van der Waals surface area contributed by atoms with Crippen LogP contribution in [0.25, 0.3) is 0 Å². The molecule has 0 aliphatic rings. The lowest BCUT2D eigenvalue weighted by Gasteiger charge is -2.24. The fourth-order valence-electron chi connectivity index (χ4n) is 11.3. The van der Waals surface area contributed by atoms with Gasteiger partial charge in [0.15, 0.2) is 0 Å². The molecule has 0 heterocycles. The number of hydrogen-bond donors (Lipinski definition) is 0. The molecule has 0 fully saturated rings. The molecule has 0 saturated heterocycles. The molecule has 0 aromatic heterocycles. The molecular weight excluding hydrogens is 1710 g/mol. The molecule has 30 heteroatoms. The topological polar surface area (TPSA) is 292 Å². The van der Waals surface area contributed by atoms with Crippen molar-refractivity contribution in [2.24, 2.45) is 0 Å². The summed E-state index contributed by atoms with van der Waals surface area (Å²) in [5, 5.41) is 0. The molecule has 4 amide bonds. The van der Waals surface area contributed by atoms with Crippen molar-refractivity contribution >= 4 is 118 Å². The van der Waals surface area contributed by atoms with Crippen LogP contribution in [0.2, 0.25) is 0 Å². The maximum atomic E-state index is 13.7. The summed E-state index contributed by atoms with van der Waals surface area (Å²) >= 11 is 6.58. The third-order valence-corrected chi connectivity index (χ3v) is 25.3. The minimum Gasteiger partial charge on any atom is -0.497 e. The number of anilines is 4. The molecule has 0 atom stereocenters. The van der Waals surface area contributed by atoms with Gasteiger partial charge in [0, 0.05) is 31.2 Å². The van der Waals surface area contributed by atoms with E-state index in [0.29, 0.717) is 31.9 Å². The van der Waals surface area contributed by atoms with Crippen LogP contribution in [0.1, 0.15) is 58.1 Å². The first-order valence-electron chi connectivity index (χ1n) is 35.1. The Kier molecular flexibility index (Phi) is 30.2. The number of amides is 4. The maximum absolute atomic E-state index is 13.7. The van der Waals surface area contributed by atoms with E-state index in [9.17, 15) is 52.8 Å². The molecule has 606 valence electrons. The van der Waals surface area contributed by atoms with E-state index in [0.717, 1.165) is 33.9 Å². The monoisotopic (exact) mass is 1790 g/mol. The van der Waals surface area contributed by atoms with Gasteiger partial charge in [0.1, 0.15) is 65.6 Å². The molecule has 0 unspecified atom stereocenters. The van der Waals surface area contributed by atoms with Crippen molar-refractivity contribution in [3.63, 3.8) is 0 Å². The number of rotatable bonds is 24. The minimum absolute atomic E-state index is 0.0909. The summed E-state index contributed by atoms with van der Waals surface area (Å²) in [5.74, 6) is 0.0800. The summed E-state index contributed by atoms with van der Waals surface area (Å²) in [6, 6.07) is 74.9. The van der Waals surface area contributed by atoms with Crippen molar-refractivity contribution in [2.75, 3.05) is 74.1 Å². The molecule has 12 aromatic rings. The van der Waals surface area contributed by atoms with Gasteiger partial charge in [-0.2, -0.15) is 17.2 Å². The van der Waals surface area contributed by atoms with E-state index in [1.165, 1.54) is 142 Å². The van der Waals surface area contributed by atoms with E-state index in [4.69, 9.17) is 37.9 Å². The van der Waals surface area contributed by atoms with E-state index in [2.05, 4.69) is 31.9 Å². The third kappa shape index (κ3) is 21.0. The quantitative estimate of drug-likeness (QED) is 0.0543. The number of halogens is 2. The Morgan fingerprint density at radius 2 is 0.479 bits per heavy atom. The Bertz CT molecular complexity index is 5790. The van der Waals surface area contributed by atoms with Gasteiger partial charge < -0.3 is 37.9 Å². The second-order valence-corrected chi connectivity index (χ2v) is 33.8. The Morgan fingerprint density at radius 1 is 0.239 bits per heavy atom. The number of sulfonamides is 4. The lowest BCUT2D eigenvalue weighted by Crippen LogP contribution is -2.37. The zero-order valence-corrected chi connectivity index (χ0v) is 71.4. The van der Waals surface area contributed by atoms with E-state index < -0.39 is 63.7 Å². The second-order valence-electron chi connectivity index (χ2n) is 25.0. The van der Waals surface area contributed by atoms with Crippen LogP contribution in [0.4, 0.5) is 22.7 Å². The van der Waals surface area contributed by atoms with Gasteiger partial charge in [0.2, 0.25) is 0 Å². The van der Waals surface area contributed by atoms with Crippen molar-refractivity contribution < 1.29 is 90.7 Å². The lowest BCUT2D eigenvalue weighted by atomic mass is 10.1. The average Bonchev–Trinajstić information content (AvgIpc) is 0.780. The number of carbonyl (C=O) groups is 4. The van der Waals surface area contributed by atoms with Crippen LogP contribution in [0.5, 0.6) is 46.0 Å². The molecule has 0 saturated carbocycles. The molecule has 0 spiro atoms. The van der Waals surface area contributed by atoms with Gasteiger partial charge in [-0.05, 0) is 238 Å². The average molecular weight is 1790 g/mol. The highest BCUT2D eigenvalue weighted by Crippen LogP contribution is 2.39. The molecular formula is C87H80Br2N4O20S4. The lowest BCUT2D eigenvalue weighted by molar-refractivity contribution is 0.0997. The standard InChI is InChI=1S/C23H23NO5S.C22H21NO5S.2C21H18BrNO5S/c1-16-5-8-18(9-6-16)23(25)24(19-10-12-20(28-3)13-11-19)30(26,27)22-14-7-17(2)15-21(22)29-4;1-16-9-14-21(20(15-16)28-3)29(25,26)23(18-10-12-19(27-2)13-11-18)22(24)17-7-5-4-6-8-17;1-27-18-11-9-17(10-12-18)23(21(24)15-6-4-3-5-7-15)29(25,26)20-13-8-16(22)14-19(20)28-2;1-27-18-11-9-17(10-12-18)23(21(24)15-6-4-3-5-7-15)29(25,26)20-14-16(22)8-13-19(20)28-2/h5-15H,1-4H3;4-15H,1-3H3;2*3-14H,1-2H3. The Balaban J connectivity index is 0.000000178. The highest BCUT2D eigenvalue weighted by atomic mass is 79.9. The minimum atomic E-state index is -4.30. The highest BCUT2D eigenvalue weighted by Gasteiger charge is 2.39. The zero-order valence-electron chi connectivity index (χ0n) is 65.0. The second kappa shape index (κ2) is 39.8. The van der Waals surface area contributed by atoms with E-state index in [-0.39, 0.29) is 87.6 Å². The van der Waals surface area contributed by atoms with Gasteiger partial charge in [0.05, 0.1) is 79.6 Å². The number of nitrogens with zero attached hydrogens (tertiary/aromatic N) is 4. The zero-order chi connectivity index (χ0) is 84.9. The molecule has 0 bridgehead atoms. The maximum Gasteiger partial charge on any atom is 0.274 e. The largest absolute Gasteiger partial charge is 0.497 e. The number of aryl methyl sites for hydroxylation is 3. The van der Waals surface area contributed by atoms with Crippen LogP contribution in [-0.4, -0.2) is 114 Å². The molecule has 24 nitrogen and oxygen atoms in total. The number of ether oxygens (including phenoxy) is 8. The normalized spacial score (nSPS) is 11.0. The third-order valence-electron chi connectivity index (χ3n) is 17.3. The van der Waals surface area contributed by atoms with Crippen LogP contribution < -0.4 is 55.1 Å². The van der Waals surface area contributed by atoms with Gasteiger partial charge >= 0.3 is 0 Å². The van der Waals surface area contributed by atoms with Gasteiger partial charge in [-0.15, -0.1) is 0 Å². The van der Waals surface area contributed by atoms with Gasteiger partial charge in [-0.1, -0.05) is 116 Å². The van der Waals surface area contributed by atoms with Crippen LogP contribution in [-0.2, 0) is 40.1 Å². The summed E-state index contributed by atoms with van der Waals surface area (Å²) in [6.45, 7) is 5.55. The first-order valence-corrected chi connectivity index (χ1v) is 42.4. The predicted molar refractivity (Wildman–Crippen MR) is 455 cm³/mol. The Labute approximate surface area is 697 Å². The number of benzene rings is 12. The Morgan fingerprint density at radius 3 is 0.761 bits per heavy atom. The van der Waals surface area contributed by atoms with Gasteiger partial charge in [-0.25, -0.2) is 33.7 Å². The number of methoxy groups -OCH3 is 8. The molecule has 117 heavy (non-hydrogen) atoms. The van der Waals surface area contributed by atoms with Crippen molar-refractivity contribution in [1.29, 1.82) is 0 Å². The van der Waals surface area contributed by atoms with Crippen LogP contribution in [0.15, 0.2) is 314 Å². The smallest absolute Gasteiger partial charge is 0.274 e. The SMILES string of the molecule is COc1ccc(N(C(=O)c2ccc(C)cc2)S(=O)(=O)c2ccc(C)cc2OC)cc1.COc1ccc(N(C(=O)c2ccccc2)S(=O)(=O)c2cc(Br)ccc2OC)cc1.COc1ccc(N(C(=O)c2ccccc2)S(=O)(=O)c2ccc(Br)cc2OC)cc1.COc1ccc(N(C(=O)c2ccccc2)S(=O)(=O)c2ccc(C)cc2OC)cc1. The summed E-state index contributed by atoms with van der Waals surface area (Å²) in [5.41, 5.74) is 4.38. The Hall–Kier alpha value is -12.3. The molecule has 0 aliphatic heterocycles. The summed E-state index contributed by atoms with van der Waals surface area (Å²) in [6.07, 6.45) is 0. The highest BCUT2D eigenvalue weighted by molar-refractivity contribution is 9.10. The summed E-state index contributed by atoms with van der Waals surface area (Å²) < 4.78 is 155. The number of carbonyl (C=O) groups excluding carboxylic acids is 4. The molecule has 0 radical (unpaired) electrons. The van der Waals surface area contributed by atoms with Crippen LogP contribution >= 0.6 is 31.9 Å². The van der Waals surface area contributed by atoms with E-state index >= 15 is 0 Å². The first kappa shape index (κ1) is 88.6. The molecule has 12 aromatic carbocycles. The predicted octanol–water partition coefficient (Wildman–Crippen LogP) is 17.4. The van der Waals surface area contributed by atoms with E-state index in [1.807, 2.05) is 20.8 Å². The fourth-order valence-corrected chi connectivity index (χ4v) is 18.4. The van der Waals surface area contributed by atoms with Crippen LogP contribution in [0.3, 0.4) is 0 Å².